The minimum absolute atomic E-state index is 0.0354. The van der Waals surface area contributed by atoms with Gasteiger partial charge in [0.25, 0.3) is 0 Å². The first-order valence-electron chi connectivity index (χ1n) is 9.80. The van der Waals surface area contributed by atoms with E-state index >= 15 is 0 Å². The summed E-state index contributed by atoms with van der Waals surface area (Å²) in [6.45, 7) is 4.28. The molecule has 0 aliphatic carbocycles. The standard InChI is InChI=1S/C21H26O11/c1-12(22)26-11-17-18(28-13(2)23)19(29-14(3)24)20(30-15(4)25)21(31-17)32-27-10-16-8-6-5-7-9-16/h5-9,17-21H,10-11H2,1-4H3/t17?,18-,19?,20?,21+/m1/s1. The summed E-state index contributed by atoms with van der Waals surface area (Å²) in [6.07, 6.45) is -6.41. The molecule has 1 aliphatic rings. The van der Waals surface area contributed by atoms with Gasteiger partial charge in [0.2, 0.25) is 6.29 Å². The molecule has 0 bridgehead atoms. The second-order valence-electron chi connectivity index (χ2n) is 6.91. The minimum Gasteiger partial charge on any atom is -0.463 e. The Balaban J connectivity index is 2.28. The predicted molar refractivity (Wildman–Crippen MR) is 104 cm³/mol. The third kappa shape index (κ3) is 7.91. The Hall–Kier alpha value is -3.02. The second kappa shape index (κ2) is 12.1. The molecule has 0 spiro atoms. The first kappa shape index (κ1) is 25.2. The van der Waals surface area contributed by atoms with Crippen LogP contribution in [-0.4, -0.2) is 61.2 Å². The Kier molecular flexibility index (Phi) is 9.57. The van der Waals surface area contributed by atoms with Crippen molar-refractivity contribution in [2.75, 3.05) is 6.61 Å². The molecule has 1 aromatic rings. The van der Waals surface area contributed by atoms with Gasteiger partial charge in [-0.3, -0.25) is 19.2 Å². The first-order chi connectivity index (χ1) is 15.2. The van der Waals surface area contributed by atoms with Gasteiger partial charge in [0.1, 0.15) is 19.3 Å². The summed E-state index contributed by atoms with van der Waals surface area (Å²) in [6, 6.07) is 9.07. The number of hydrogen-bond donors (Lipinski definition) is 0. The van der Waals surface area contributed by atoms with Crippen LogP contribution in [0.15, 0.2) is 30.3 Å². The maximum atomic E-state index is 11.8. The van der Waals surface area contributed by atoms with Gasteiger partial charge >= 0.3 is 23.9 Å². The van der Waals surface area contributed by atoms with Crippen molar-refractivity contribution < 1.29 is 52.6 Å². The van der Waals surface area contributed by atoms with Gasteiger partial charge < -0.3 is 23.7 Å². The zero-order valence-corrected chi connectivity index (χ0v) is 18.2. The van der Waals surface area contributed by atoms with Gasteiger partial charge in [0, 0.05) is 27.7 Å². The Morgan fingerprint density at radius 1 is 0.781 bits per heavy atom. The van der Waals surface area contributed by atoms with Crippen molar-refractivity contribution in [1.82, 2.24) is 0 Å². The van der Waals surface area contributed by atoms with E-state index < -0.39 is 54.6 Å². The number of hydrogen-bond acceptors (Lipinski definition) is 11. The molecule has 1 fully saturated rings. The third-order valence-electron chi connectivity index (χ3n) is 4.18. The van der Waals surface area contributed by atoms with E-state index in [9.17, 15) is 19.2 Å². The van der Waals surface area contributed by atoms with Crippen LogP contribution in [0.3, 0.4) is 0 Å². The summed E-state index contributed by atoms with van der Waals surface area (Å²) in [5, 5.41) is 0. The van der Waals surface area contributed by atoms with Gasteiger partial charge in [0.05, 0.1) is 0 Å². The van der Waals surface area contributed by atoms with Crippen LogP contribution in [0.2, 0.25) is 0 Å². The second-order valence-corrected chi connectivity index (χ2v) is 6.91. The van der Waals surface area contributed by atoms with Crippen molar-refractivity contribution in [3.63, 3.8) is 0 Å². The molecule has 1 heterocycles. The molecular formula is C21H26O11. The highest BCUT2D eigenvalue weighted by Gasteiger charge is 2.53. The molecule has 0 saturated carbocycles. The summed E-state index contributed by atoms with van der Waals surface area (Å²) in [5.41, 5.74) is 0.790. The van der Waals surface area contributed by atoms with E-state index in [1.54, 1.807) is 12.1 Å². The molecule has 1 saturated heterocycles. The number of ether oxygens (including phenoxy) is 5. The molecule has 1 aromatic carbocycles. The van der Waals surface area contributed by atoms with Crippen LogP contribution in [0.1, 0.15) is 33.3 Å². The fourth-order valence-electron chi connectivity index (χ4n) is 3.01. The predicted octanol–water partition coefficient (Wildman–Crippen LogP) is 1.22. The molecule has 11 heteroatoms. The summed E-state index contributed by atoms with van der Waals surface area (Å²) in [7, 11) is 0. The van der Waals surface area contributed by atoms with Crippen LogP contribution in [0.25, 0.3) is 0 Å². The van der Waals surface area contributed by atoms with E-state index in [2.05, 4.69) is 0 Å². The molecule has 0 aromatic heterocycles. The molecule has 11 nitrogen and oxygen atoms in total. The van der Waals surface area contributed by atoms with E-state index in [0.717, 1.165) is 26.3 Å². The quantitative estimate of drug-likeness (QED) is 0.231. The highest BCUT2D eigenvalue weighted by Crippen LogP contribution is 2.30. The lowest BCUT2D eigenvalue weighted by Gasteiger charge is -2.43. The third-order valence-corrected chi connectivity index (χ3v) is 4.18. The smallest absolute Gasteiger partial charge is 0.303 e. The molecule has 2 rings (SSSR count). The van der Waals surface area contributed by atoms with Crippen molar-refractivity contribution in [1.29, 1.82) is 0 Å². The fourth-order valence-corrected chi connectivity index (χ4v) is 3.01. The molecule has 176 valence electrons. The van der Waals surface area contributed by atoms with Gasteiger partial charge in [0.15, 0.2) is 18.3 Å². The van der Waals surface area contributed by atoms with Gasteiger partial charge in [-0.15, -0.1) is 0 Å². The SMILES string of the molecule is CC(=O)OCC1O[C@@H](OOCc2ccccc2)C(OC(C)=O)C(OC(C)=O)[C@@H]1OC(C)=O. The summed E-state index contributed by atoms with van der Waals surface area (Å²) in [5.74, 6) is -2.79. The first-order valence-corrected chi connectivity index (χ1v) is 9.80. The van der Waals surface area contributed by atoms with E-state index in [0.29, 0.717) is 0 Å². The minimum atomic E-state index is -1.39. The van der Waals surface area contributed by atoms with Gasteiger partial charge in [-0.25, -0.2) is 4.89 Å². The van der Waals surface area contributed by atoms with Crippen LogP contribution in [0.5, 0.6) is 0 Å². The Labute approximate surface area is 184 Å². The van der Waals surface area contributed by atoms with Crippen LogP contribution >= 0.6 is 0 Å². The summed E-state index contributed by atoms with van der Waals surface area (Å²) >= 11 is 0. The fraction of sp³-hybridized carbons (Fsp3) is 0.524. The van der Waals surface area contributed by atoms with E-state index in [1.807, 2.05) is 18.2 Å². The molecule has 1 aliphatic heterocycles. The molecule has 32 heavy (non-hydrogen) atoms. The monoisotopic (exact) mass is 454 g/mol. The van der Waals surface area contributed by atoms with Gasteiger partial charge in [-0.2, -0.15) is 4.89 Å². The lowest BCUT2D eigenvalue weighted by Crippen LogP contribution is -2.62. The molecule has 5 atom stereocenters. The maximum absolute atomic E-state index is 11.8. The average molecular weight is 454 g/mol. The van der Waals surface area contributed by atoms with Gasteiger partial charge in [-0.05, 0) is 5.56 Å². The average Bonchev–Trinajstić information content (AvgIpc) is 2.70. The molecule has 3 unspecified atom stereocenters. The Morgan fingerprint density at radius 2 is 1.34 bits per heavy atom. The highest BCUT2D eigenvalue weighted by molar-refractivity contribution is 5.68. The molecule has 0 N–H and O–H groups in total. The van der Waals surface area contributed by atoms with E-state index in [4.69, 9.17) is 33.5 Å². The van der Waals surface area contributed by atoms with Crippen molar-refractivity contribution in [2.24, 2.45) is 0 Å². The van der Waals surface area contributed by atoms with Crippen LogP contribution < -0.4 is 0 Å². The van der Waals surface area contributed by atoms with Gasteiger partial charge in [-0.1, -0.05) is 30.3 Å². The number of rotatable bonds is 9. The highest BCUT2D eigenvalue weighted by atomic mass is 17.2. The zero-order valence-electron chi connectivity index (χ0n) is 18.2. The molecular weight excluding hydrogens is 428 g/mol. The largest absolute Gasteiger partial charge is 0.463 e. The maximum Gasteiger partial charge on any atom is 0.303 e. The number of esters is 4. The number of carbonyl (C=O) groups excluding carboxylic acids is 4. The van der Waals surface area contributed by atoms with Crippen molar-refractivity contribution >= 4 is 23.9 Å². The summed E-state index contributed by atoms with van der Waals surface area (Å²) < 4.78 is 26.6. The van der Waals surface area contributed by atoms with Crippen LogP contribution in [-0.2, 0) is 59.2 Å². The summed E-state index contributed by atoms with van der Waals surface area (Å²) in [4.78, 5) is 57.0. The van der Waals surface area contributed by atoms with Crippen molar-refractivity contribution in [2.45, 2.75) is 65.0 Å². The lowest BCUT2D eigenvalue weighted by molar-refractivity contribution is -0.430. The van der Waals surface area contributed by atoms with Crippen LogP contribution in [0, 0.1) is 0 Å². The Morgan fingerprint density at radius 3 is 1.91 bits per heavy atom. The van der Waals surface area contributed by atoms with E-state index in [-0.39, 0.29) is 13.2 Å². The zero-order chi connectivity index (χ0) is 23.7. The van der Waals surface area contributed by atoms with Crippen LogP contribution in [0.4, 0.5) is 0 Å². The normalized spacial score (nSPS) is 24.8. The van der Waals surface area contributed by atoms with Crippen molar-refractivity contribution in [3.05, 3.63) is 35.9 Å². The topological polar surface area (TPSA) is 133 Å². The molecule has 0 radical (unpaired) electrons. The lowest BCUT2D eigenvalue weighted by atomic mass is 9.98. The van der Waals surface area contributed by atoms with E-state index in [1.165, 1.54) is 6.92 Å². The number of benzene rings is 1. The number of carbonyl (C=O) groups is 4. The molecule has 0 amide bonds. The Bertz CT molecular complexity index is 794. The van der Waals surface area contributed by atoms with Crippen molar-refractivity contribution in [3.8, 4) is 0 Å².